The van der Waals surface area contributed by atoms with Gasteiger partial charge in [0, 0.05) is 12.1 Å². The normalized spacial score (nSPS) is 12.5. The van der Waals surface area contributed by atoms with E-state index in [1.807, 2.05) is 72.8 Å². The Balaban J connectivity index is 1.43. The summed E-state index contributed by atoms with van der Waals surface area (Å²) in [6.07, 6.45) is 0.785. The highest BCUT2D eigenvalue weighted by Crippen LogP contribution is 2.28. The molecule has 0 bridgehead atoms. The Bertz CT molecular complexity index is 1360. The van der Waals surface area contributed by atoms with Crippen LogP contribution in [0.5, 0.6) is 0 Å². The van der Waals surface area contributed by atoms with Gasteiger partial charge in [-0.1, -0.05) is 91.0 Å². The molecular weight excluding hydrogens is 480 g/mol. The first-order chi connectivity index (χ1) is 18.5. The summed E-state index contributed by atoms with van der Waals surface area (Å²) in [5.74, 6) is -0.742. The van der Waals surface area contributed by atoms with Crippen LogP contribution < -0.4 is 5.32 Å². The molecule has 4 aromatic rings. The molecule has 0 radical (unpaired) electrons. The quantitative estimate of drug-likeness (QED) is 0.156. The van der Waals surface area contributed by atoms with Crippen molar-refractivity contribution in [3.63, 3.8) is 0 Å². The van der Waals surface area contributed by atoms with Gasteiger partial charge in [0.25, 0.3) is 5.69 Å². The predicted octanol–water partition coefficient (Wildman–Crippen LogP) is 5.53. The minimum absolute atomic E-state index is 0.0771. The number of ether oxygens (including phenoxy) is 1. The smallest absolute Gasteiger partial charge is 0.344 e. The van der Waals surface area contributed by atoms with Gasteiger partial charge in [-0.2, -0.15) is 0 Å². The number of nitro benzene ring substituents is 1. The molecule has 2 atom stereocenters. The topological polar surface area (TPSA) is 102 Å². The first-order valence-corrected chi connectivity index (χ1v) is 12.4. The number of esters is 1. The van der Waals surface area contributed by atoms with Crippen LogP contribution in [-0.2, 0) is 17.6 Å². The highest BCUT2D eigenvalue weighted by Gasteiger charge is 2.22. The number of benzene rings is 4. The molecule has 0 saturated carbocycles. The first kappa shape index (κ1) is 26.7. The summed E-state index contributed by atoms with van der Waals surface area (Å²) in [4.78, 5) is 22.8. The van der Waals surface area contributed by atoms with Crippen molar-refractivity contribution in [3.05, 3.63) is 135 Å². The summed E-state index contributed by atoms with van der Waals surface area (Å²) in [7, 11) is 1.19. The van der Waals surface area contributed by atoms with Gasteiger partial charge in [-0.3, -0.25) is 10.1 Å². The highest BCUT2D eigenvalue weighted by atomic mass is 16.6. The van der Waals surface area contributed by atoms with Crippen LogP contribution in [0.25, 0.3) is 11.1 Å². The lowest BCUT2D eigenvalue weighted by molar-refractivity contribution is -0.385. The van der Waals surface area contributed by atoms with Crippen LogP contribution in [0.1, 0.15) is 33.2 Å². The van der Waals surface area contributed by atoms with E-state index in [1.54, 1.807) is 6.07 Å². The lowest BCUT2D eigenvalue weighted by Crippen LogP contribution is -2.38. The van der Waals surface area contributed by atoms with Crippen molar-refractivity contribution in [2.75, 3.05) is 13.7 Å². The molecule has 4 rings (SSSR count). The third-order valence-corrected chi connectivity index (χ3v) is 6.53. The minimum atomic E-state index is -0.742. The van der Waals surface area contributed by atoms with Crippen molar-refractivity contribution >= 4 is 11.7 Å². The van der Waals surface area contributed by atoms with E-state index >= 15 is 0 Å². The lowest BCUT2D eigenvalue weighted by Gasteiger charge is -2.25. The molecule has 0 aromatic heterocycles. The zero-order valence-corrected chi connectivity index (χ0v) is 21.1. The average molecular weight is 511 g/mol. The van der Waals surface area contributed by atoms with Crippen molar-refractivity contribution in [1.29, 1.82) is 0 Å². The zero-order valence-electron chi connectivity index (χ0n) is 21.1. The summed E-state index contributed by atoms with van der Waals surface area (Å²) in [6, 6.07) is 31.9. The van der Waals surface area contributed by atoms with Crippen molar-refractivity contribution in [3.8, 4) is 11.1 Å². The van der Waals surface area contributed by atoms with Crippen LogP contribution in [0.15, 0.2) is 103 Å². The molecule has 0 aliphatic heterocycles. The molecule has 0 fully saturated rings. The maximum absolute atomic E-state index is 11.9. The summed E-state index contributed by atoms with van der Waals surface area (Å²) in [5, 5.41) is 26.1. The predicted molar refractivity (Wildman–Crippen MR) is 147 cm³/mol. The number of nitro groups is 1. The number of carbonyl (C=O) groups excluding carboxylic acids is 1. The van der Waals surface area contributed by atoms with Gasteiger partial charge in [-0.15, -0.1) is 0 Å². The SMILES string of the molecule is COC(=O)c1ccc(-c2ccc(CCNC(Cc3ccccc3)[C@H](O)c3ccccc3)cc2)cc1[N+](=O)[O-]. The fourth-order valence-corrected chi connectivity index (χ4v) is 4.46. The van der Waals surface area contributed by atoms with E-state index in [2.05, 4.69) is 22.2 Å². The van der Waals surface area contributed by atoms with Gasteiger partial charge in [0.05, 0.1) is 18.1 Å². The Morgan fingerprint density at radius 3 is 2.16 bits per heavy atom. The number of carbonyl (C=O) groups is 1. The third-order valence-electron chi connectivity index (χ3n) is 6.53. The molecule has 0 aliphatic rings. The number of hydrogen-bond donors (Lipinski definition) is 2. The standard InChI is InChI=1S/C31H30N2O5/c1-38-31(35)27-17-16-26(21-29(27)33(36)37)24-14-12-22(13-15-24)18-19-32-28(20-23-8-4-2-5-9-23)30(34)25-10-6-3-7-11-25/h2-17,21,28,30,32,34H,18-20H2,1H3/t28?,30-/m1/s1. The largest absolute Gasteiger partial charge is 0.465 e. The van der Waals surface area contributed by atoms with Gasteiger partial charge >= 0.3 is 5.97 Å². The fraction of sp³-hybridized carbons (Fsp3) is 0.194. The molecule has 0 heterocycles. The van der Waals surface area contributed by atoms with Gasteiger partial charge in [0.1, 0.15) is 5.56 Å². The van der Waals surface area contributed by atoms with E-state index in [9.17, 15) is 20.0 Å². The van der Waals surface area contributed by atoms with Crippen molar-refractivity contribution in [2.24, 2.45) is 0 Å². The Hall–Kier alpha value is -4.33. The monoisotopic (exact) mass is 510 g/mol. The zero-order chi connectivity index (χ0) is 26.9. The molecule has 4 aromatic carbocycles. The summed E-state index contributed by atoms with van der Waals surface area (Å²) in [6.45, 7) is 0.667. The fourth-order valence-electron chi connectivity index (χ4n) is 4.46. The van der Waals surface area contributed by atoms with Gasteiger partial charge in [-0.05, 0) is 53.3 Å². The molecular formula is C31H30N2O5. The van der Waals surface area contributed by atoms with Gasteiger partial charge in [-0.25, -0.2) is 4.79 Å². The van der Waals surface area contributed by atoms with Gasteiger partial charge in [0.15, 0.2) is 0 Å². The number of methoxy groups -OCH3 is 1. The molecule has 0 spiro atoms. The number of hydrogen-bond acceptors (Lipinski definition) is 6. The molecule has 38 heavy (non-hydrogen) atoms. The number of rotatable bonds is 11. The highest BCUT2D eigenvalue weighted by molar-refractivity contribution is 5.94. The third kappa shape index (κ3) is 6.70. The van der Waals surface area contributed by atoms with Crippen molar-refractivity contribution < 1.29 is 19.6 Å². The Morgan fingerprint density at radius 1 is 0.895 bits per heavy atom. The van der Waals surface area contributed by atoms with Crippen LogP contribution in [0.3, 0.4) is 0 Å². The Kier molecular flexibility index (Phi) is 8.98. The van der Waals surface area contributed by atoms with Crippen molar-refractivity contribution in [1.82, 2.24) is 5.32 Å². The second-order valence-electron chi connectivity index (χ2n) is 9.03. The molecule has 1 unspecified atom stereocenters. The van der Waals surface area contributed by atoms with Gasteiger partial charge < -0.3 is 15.2 Å². The van der Waals surface area contributed by atoms with E-state index in [0.29, 0.717) is 18.5 Å². The van der Waals surface area contributed by atoms with E-state index in [0.717, 1.165) is 28.7 Å². The van der Waals surface area contributed by atoms with Gasteiger partial charge in [0.2, 0.25) is 0 Å². The number of aliphatic hydroxyl groups excluding tert-OH is 1. The lowest BCUT2D eigenvalue weighted by atomic mass is 9.95. The molecule has 7 heteroatoms. The Morgan fingerprint density at radius 2 is 1.53 bits per heavy atom. The molecule has 7 nitrogen and oxygen atoms in total. The molecule has 2 N–H and O–H groups in total. The maximum Gasteiger partial charge on any atom is 0.344 e. The van der Waals surface area contributed by atoms with Crippen LogP contribution in [0.2, 0.25) is 0 Å². The van der Waals surface area contributed by atoms with E-state index in [1.165, 1.54) is 19.2 Å². The molecule has 0 amide bonds. The molecule has 0 aliphatic carbocycles. The van der Waals surface area contributed by atoms with E-state index in [-0.39, 0.29) is 17.3 Å². The second-order valence-corrected chi connectivity index (χ2v) is 9.03. The van der Waals surface area contributed by atoms with Crippen LogP contribution in [0.4, 0.5) is 5.69 Å². The first-order valence-electron chi connectivity index (χ1n) is 12.4. The van der Waals surface area contributed by atoms with Crippen LogP contribution in [-0.4, -0.2) is 35.7 Å². The summed E-state index contributed by atoms with van der Waals surface area (Å²) in [5.41, 5.74) is 4.20. The molecule has 194 valence electrons. The average Bonchev–Trinajstić information content (AvgIpc) is 2.97. The van der Waals surface area contributed by atoms with E-state index in [4.69, 9.17) is 0 Å². The van der Waals surface area contributed by atoms with Crippen LogP contribution >= 0.6 is 0 Å². The van der Waals surface area contributed by atoms with E-state index < -0.39 is 17.0 Å². The van der Waals surface area contributed by atoms with Crippen LogP contribution in [0, 0.1) is 10.1 Å². The second kappa shape index (κ2) is 12.8. The van der Waals surface area contributed by atoms with Crippen molar-refractivity contribution in [2.45, 2.75) is 25.0 Å². The number of aliphatic hydroxyl groups is 1. The number of nitrogens with one attached hydrogen (secondary N) is 1. The minimum Gasteiger partial charge on any atom is -0.465 e. The summed E-state index contributed by atoms with van der Waals surface area (Å²) < 4.78 is 4.65. The maximum atomic E-state index is 11.9. The Labute approximate surface area is 221 Å². The summed E-state index contributed by atoms with van der Waals surface area (Å²) >= 11 is 0. The molecule has 0 saturated heterocycles. The number of nitrogens with zero attached hydrogens (tertiary/aromatic N) is 1.